The molecule has 0 amide bonds. The smallest absolute Gasteiger partial charge is 0.164 e. The van der Waals surface area contributed by atoms with Crippen LogP contribution in [0, 0.1) is 5.92 Å². The third-order valence-electron chi connectivity index (χ3n) is 2.90. The van der Waals surface area contributed by atoms with Gasteiger partial charge >= 0.3 is 0 Å². The van der Waals surface area contributed by atoms with Crippen LogP contribution in [0.25, 0.3) is 0 Å². The molecule has 0 atom stereocenters. The van der Waals surface area contributed by atoms with Gasteiger partial charge in [0.2, 0.25) is 0 Å². The first kappa shape index (κ1) is 15.6. The highest BCUT2D eigenvalue weighted by atomic mass is 15.4. The summed E-state index contributed by atoms with van der Waals surface area (Å²) in [5.41, 5.74) is 0.0584. The van der Waals surface area contributed by atoms with E-state index in [-0.39, 0.29) is 5.54 Å². The van der Waals surface area contributed by atoms with Gasteiger partial charge in [-0.2, -0.15) is 10.2 Å². The molecule has 0 radical (unpaired) electrons. The van der Waals surface area contributed by atoms with Crippen LogP contribution in [0.15, 0.2) is 12.7 Å². The summed E-state index contributed by atoms with van der Waals surface area (Å²) in [6, 6.07) is 0. The Morgan fingerprint density at radius 1 is 1.24 bits per heavy atom. The Balaban J connectivity index is 1.98. The summed E-state index contributed by atoms with van der Waals surface area (Å²) in [7, 11) is 0. The highest BCUT2D eigenvalue weighted by molar-refractivity contribution is 4.89. The predicted octanol–water partition coefficient (Wildman–Crippen LogP) is 1.46. The van der Waals surface area contributed by atoms with E-state index < -0.39 is 0 Å². The van der Waals surface area contributed by atoms with E-state index in [4.69, 9.17) is 0 Å². The summed E-state index contributed by atoms with van der Waals surface area (Å²) < 4.78 is 3.74. The molecule has 0 bridgehead atoms. The maximum absolute atomic E-state index is 4.47. The minimum atomic E-state index is 0.0584. The van der Waals surface area contributed by atoms with E-state index in [9.17, 15) is 0 Å². The van der Waals surface area contributed by atoms with Crippen molar-refractivity contribution in [1.29, 1.82) is 0 Å². The Morgan fingerprint density at radius 2 is 2.00 bits per heavy atom. The standard InChI is InChI=1S/C14H25N7/c1-11(2)7-21-13(15-9-18-21)8-20-10-16-12(19-20)6-17-14(3,4)5/h9-11,17H,6-8H2,1-5H3. The number of hydrogen-bond acceptors (Lipinski definition) is 5. The first-order valence-corrected chi connectivity index (χ1v) is 7.33. The van der Waals surface area contributed by atoms with E-state index in [0.29, 0.717) is 19.0 Å². The molecular formula is C14H25N7. The van der Waals surface area contributed by atoms with E-state index in [1.165, 1.54) is 0 Å². The lowest BCUT2D eigenvalue weighted by atomic mass is 10.1. The third-order valence-corrected chi connectivity index (χ3v) is 2.90. The molecular weight excluding hydrogens is 266 g/mol. The second kappa shape index (κ2) is 6.34. The number of aromatic nitrogens is 6. The molecule has 0 spiro atoms. The van der Waals surface area contributed by atoms with Crippen LogP contribution < -0.4 is 5.32 Å². The molecule has 21 heavy (non-hydrogen) atoms. The van der Waals surface area contributed by atoms with Crippen LogP contribution in [0.5, 0.6) is 0 Å². The van der Waals surface area contributed by atoms with Crippen molar-refractivity contribution in [2.24, 2.45) is 5.92 Å². The van der Waals surface area contributed by atoms with Gasteiger partial charge in [0.1, 0.15) is 25.0 Å². The van der Waals surface area contributed by atoms with Gasteiger partial charge in [0, 0.05) is 12.1 Å². The van der Waals surface area contributed by atoms with Gasteiger partial charge in [0.15, 0.2) is 5.82 Å². The number of nitrogens with one attached hydrogen (secondary N) is 1. The fourth-order valence-electron chi connectivity index (χ4n) is 1.89. The quantitative estimate of drug-likeness (QED) is 0.872. The molecule has 0 aliphatic heterocycles. The summed E-state index contributed by atoms with van der Waals surface area (Å²) in [6.07, 6.45) is 3.34. The molecule has 1 N–H and O–H groups in total. The summed E-state index contributed by atoms with van der Waals surface area (Å²) in [4.78, 5) is 8.63. The Kier molecular flexibility index (Phi) is 4.72. The van der Waals surface area contributed by atoms with Crippen molar-refractivity contribution >= 4 is 0 Å². The maximum atomic E-state index is 4.47. The van der Waals surface area contributed by atoms with E-state index >= 15 is 0 Å². The first-order valence-electron chi connectivity index (χ1n) is 7.33. The predicted molar refractivity (Wildman–Crippen MR) is 80.6 cm³/mol. The fraction of sp³-hybridized carbons (Fsp3) is 0.714. The van der Waals surface area contributed by atoms with Crippen LogP contribution in [-0.4, -0.2) is 35.1 Å². The molecule has 0 fully saturated rings. The van der Waals surface area contributed by atoms with Crippen LogP contribution in [0.2, 0.25) is 0 Å². The van der Waals surface area contributed by atoms with Crippen molar-refractivity contribution in [3.05, 3.63) is 24.3 Å². The lowest BCUT2D eigenvalue weighted by molar-refractivity contribution is 0.416. The summed E-state index contributed by atoms with van der Waals surface area (Å²) >= 11 is 0. The zero-order chi connectivity index (χ0) is 15.5. The third kappa shape index (κ3) is 4.93. The number of hydrogen-bond donors (Lipinski definition) is 1. The van der Waals surface area contributed by atoms with Gasteiger partial charge in [-0.3, -0.25) is 0 Å². The topological polar surface area (TPSA) is 73.5 Å². The zero-order valence-corrected chi connectivity index (χ0v) is 13.5. The van der Waals surface area contributed by atoms with E-state index in [0.717, 1.165) is 18.2 Å². The molecule has 0 aliphatic rings. The van der Waals surface area contributed by atoms with Gasteiger partial charge in [-0.25, -0.2) is 19.3 Å². The monoisotopic (exact) mass is 291 g/mol. The molecule has 0 aromatic carbocycles. The highest BCUT2D eigenvalue weighted by Gasteiger charge is 2.12. The van der Waals surface area contributed by atoms with Crippen molar-refractivity contribution in [1.82, 2.24) is 34.8 Å². The Labute approximate surface area is 125 Å². The second-order valence-electron chi connectivity index (χ2n) is 6.71. The molecule has 0 saturated carbocycles. The Morgan fingerprint density at radius 3 is 2.67 bits per heavy atom. The number of rotatable bonds is 6. The molecule has 7 heteroatoms. The van der Waals surface area contributed by atoms with Gasteiger partial charge in [0.25, 0.3) is 0 Å². The van der Waals surface area contributed by atoms with Crippen LogP contribution in [0.1, 0.15) is 46.3 Å². The minimum absolute atomic E-state index is 0.0584. The molecule has 2 aromatic heterocycles. The normalized spacial score (nSPS) is 12.3. The van der Waals surface area contributed by atoms with Gasteiger partial charge in [-0.15, -0.1) is 0 Å². The molecule has 0 saturated heterocycles. The zero-order valence-electron chi connectivity index (χ0n) is 13.5. The minimum Gasteiger partial charge on any atom is -0.305 e. The van der Waals surface area contributed by atoms with Crippen molar-refractivity contribution in [3.8, 4) is 0 Å². The summed E-state index contributed by atoms with van der Waals surface area (Å²) in [6.45, 7) is 12.8. The Hall–Kier alpha value is -1.76. The lowest BCUT2D eigenvalue weighted by Crippen LogP contribution is -2.35. The van der Waals surface area contributed by atoms with Crippen molar-refractivity contribution < 1.29 is 0 Å². The molecule has 2 rings (SSSR count). The fourth-order valence-corrected chi connectivity index (χ4v) is 1.89. The summed E-state index contributed by atoms with van der Waals surface area (Å²) in [5.74, 6) is 2.23. The van der Waals surface area contributed by atoms with Gasteiger partial charge in [0.05, 0.1) is 6.54 Å². The first-order chi connectivity index (χ1) is 9.83. The molecule has 2 aromatic rings. The van der Waals surface area contributed by atoms with Crippen LogP contribution in [0.4, 0.5) is 0 Å². The summed E-state index contributed by atoms with van der Waals surface area (Å²) in [5, 5.41) is 12.1. The van der Waals surface area contributed by atoms with E-state index in [2.05, 4.69) is 60.1 Å². The van der Waals surface area contributed by atoms with Gasteiger partial charge < -0.3 is 5.32 Å². The second-order valence-corrected chi connectivity index (χ2v) is 6.71. The van der Waals surface area contributed by atoms with Crippen molar-refractivity contribution in [3.63, 3.8) is 0 Å². The largest absolute Gasteiger partial charge is 0.305 e. The van der Waals surface area contributed by atoms with Crippen molar-refractivity contribution in [2.75, 3.05) is 0 Å². The lowest BCUT2D eigenvalue weighted by Gasteiger charge is -2.19. The molecule has 0 unspecified atom stereocenters. The Bertz CT molecular complexity index is 562. The molecule has 116 valence electrons. The molecule has 7 nitrogen and oxygen atoms in total. The highest BCUT2D eigenvalue weighted by Crippen LogP contribution is 2.04. The molecule has 0 aliphatic carbocycles. The molecule has 2 heterocycles. The van der Waals surface area contributed by atoms with Crippen LogP contribution in [-0.2, 0) is 19.6 Å². The van der Waals surface area contributed by atoms with Gasteiger partial charge in [-0.05, 0) is 26.7 Å². The average molecular weight is 291 g/mol. The van der Waals surface area contributed by atoms with E-state index in [1.807, 2.05) is 4.68 Å². The van der Waals surface area contributed by atoms with E-state index in [1.54, 1.807) is 17.3 Å². The maximum Gasteiger partial charge on any atom is 0.164 e. The van der Waals surface area contributed by atoms with Crippen LogP contribution >= 0.6 is 0 Å². The van der Waals surface area contributed by atoms with Crippen LogP contribution in [0.3, 0.4) is 0 Å². The van der Waals surface area contributed by atoms with Crippen molar-refractivity contribution in [2.45, 2.75) is 59.8 Å². The SMILES string of the molecule is CC(C)Cn1ncnc1Cn1cnc(CNC(C)(C)C)n1. The number of nitrogens with zero attached hydrogens (tertiary/aromatic N) is 6. The van der Waals surface area contributed by atoms with Gasteiger partial charge in [-0.1, -0.05) is 13.8 Å². The average Bonchev–Trinajstić information content (AvgIpc) is 2.96.